The Hall–Kier alpha value is -1.12. The summed E-state index contributed by atoms with van der Waals surface area (Å²) < 4.78 is 12.6. The van der Waals surface area contributed by atoms with Crippen molar-refractivity contribution in [2.75, 3.05) is 5.73 Å². The summed E-state index contributed by atoms with van der Waals surface area (Å²) in [5, 5.41) is 0. The van der Waals surface area contributed by atoms with Gasteiger partial charge in [-0.1, -0.05) is 0 Å². The number of hydrogen-bond donors (Lipinski definition) is 1. The zero-order valence-corrected chi connectivity index (χ0v) is 5.98. The summed E-state index contributed by atoms with van der Waals surface area (Å²) in [5.74, 6) is -0.572. The van der Waals surface area contributed by atoms with Crippen LogP contribution in [0.15, 0.2) is 6.07 Å². The zero-order valence-electron chi connectivity index (χ0n) is 5.98. The number of aromatic nitrogens is 1. The second-order valence-electron chi connectivity index (χ2n) is 2.29. The SMILES string of the molecule is Cc1cc(C)c(N)c(F)n1. The molecule has 1 heterocycles. The molecular formula is C7H9FN2. The lowest BCUT2D eigenvalue weighted by Gasteiger charge is -2.00. The van der Waals surface area contributed by atoms with Crippen molar-refractivity contribution >= 4 is 5.69 Å². The van der Waals surface area contributed by atoms with Crippen LogP contribution in [0.4, 0.5) is 10.1 Å². The predicted molar refractivity (Wildman–Crippen MR) is 38.1 cm³/mol. The molecule has 0 saturated heterocycles. The van der Waals surface area contributed by atoms with Crippen molar-refractivity contribution in [3.05, 3.63) is 23.3 Å². The third-order valence-electron chi connectivity index (χ3n) is 1.35. The summed E-state index contributed by atoms with van der Waals surface area (Å²) >= 11 is 0. The van der Waals surface area contributed by atoms with Gasteiger partial charge in [-0.05, 0) is 25.5 Å². The second-order valence-corrected chi connectivity index (χ2v) is 2.29. The van der Waals surface area contributed by atoms with Gasteiger partial charge < -0.3 is 5.73 Å². The fraction of sp³-hybridized carbons (Fsp3) is 0.286. The molecule has 0 aromatic carbocycles. The van der Waals surface area contributed by atoms with Crippen molar-refractivity contribution in [2.24, 2.45) is 0 Å². The summed E-state index contributed by atoms with van der Waals surface area (Å²) in [6.07, 6.45) is 0. The first-order chi connectivity index (χ1) is 4.61. The lowest BCUT2D eigenvalue weighted by molar-refractivity contribution is 0.584. The van der Waals surface area contributed by atoms with Gasteiger partial charge in [0.15, 0.2) is 0 Å². The maximum Gasteiger partial charge on any atom is 0.236 e. The monoisotopic (exact) mass is 140 g/mol. The number of nitrogen functional groups attached to an aromatic ring is 1. The molecule has 0 aliphatic rings. The van der Waals surface area contributed by atoms with Gasteiger partial charge in [0.05, 0.1) is 5.69 Å². The fourth-order valence-electron chi connectivity index (χ4n) is 0.801. The van der Waals surface area contributed by atoms with E-state index in [2.05, 4.69) is 4.98 Å². The minimum absolute atomic E-state index is 0.144. The van der Waals surface area contributed by atoms with Crippen LogP contribution in [0.5, 0.6) is 0 Å². The zero-order chi connectivity index (χ0) is 7.72. The highest BCUT2D eigenvalue weighted by Crippen LogP contribution is 2.13. The van der Waals surface area contributed by atoms with Crippen LogP contribution in [0, 0.1) is 19.8 Å². The van der Waals surface area contributed by atoms with Crippen LogP contribution in [0.25, 0.3) is 0 Å². The van der Waals surface area contributed by atoms with Crippen molar-refractivity contribution in [1.82, 2.24) is 4.98 Å². The number of pyridine rings is 1. The standard InChI is InChI=1S/C7H9FN2/c1-4-3-5(2)10-7(8)6(4)9/h3H,9H2,1-2H3. The summed E-state index contributed by atoms with van der Waals surface area (Å²) in [5.41, 5.74) is 6.85. The van der Waals surface area contributed by atoms with E-state index in [1.165, 1.54) is 0 Å². The maximum atomic E-state index is 12.6. The molecule has 0 bridgehead atoms. The van der Waals surface area contributed by atoms with Gasteiger partial charge in [-0.15, -0.1) is 0 Å². The van der Waals surface area contributed by atoms with Crippen molar-refractivity contribution in [2.45, 2.75) is 13.8 Å². The van der Waals surface area contributed by atoms with Crippen molar-refractivity contribution in [3.63, 3.8) is 0 Å². The average molecular weight is 140 g/mol. The first kappa shape index (κ1) is 6.99. The molecular weight excluding hydrogens is 131 g/mol. The Balaban J connectivity index is 3.31. The highest BCUT2D eigenvalue weighted by Gasteiger charge is 2.02. The van der Waals surface area contributed by atoms with Crippen molar-refractivity contribution in [3.8, 4) is 0 Å². The number of nitrogens with zero attached hydrogens (tertiary/aromatic N) is 1. The van der Waals surface area contributed by atoms with Gasteiger partial charge in [0.1, 0.15) is 0 Å². The summed E-state index contributed by atoms with van der Waals surface area (Å²) in [6, 6.07) is 1.75. The van der Waals surface area contributed by atoms with Gasteiger partial charge in [-0.25, -0.2) is 4.98 Å². The molecule has 0 spiro atoms. The Morgan fingerprint density at radius 3 is 2.60 bits per heavy atom. The first-order valence-corrected chi connectivity index (χ1v) is 3.00. The molecule has 10 heavy (non-hydrogen) atoms. The second kappa shape index (κ2) is 2.25. The molecule has 0 fully saturated rings. The lowest BCUT2D eigenvalue weighted by atomic mass is 10.2. The molecule has 0 aliphatic carbocycles. The quantitative estimate of drug-likeness (QED) is 0.553. The Labute approximate surface area is 58.9 Å². The van der Waals surface area contributed by atoms with E-state index < -0.39 is 5.95 Å². The molecule has 0 amide bonds. The van der Waals surface area contributed by atoms with Crippen LogP contribution >= 0.6 is 0 Å². The van der Waals surface area contributed by atoms with Gasteiger partial charge in [0.25, 0.3) is 0 Å². The highest BCUT2D eigenvalue weighted by molar-refractivity contribution is 5.45. The normalized spacial score (nSPS) is 9.90. The Bertz CT molecular complexity index is 235. The van der Waals surface area contributed by atoms with E-state index in [9.17, 15) is 4.39 Å². The minimum Gasteiger partial charge on any atom is -0.395 e. The van der Waals surface area contributed by atoms with E-state index in [0.717, 1.165) is 5.56 Å². The molecule has 0 aliphatic heterocycles. The van der Waals surface area contributed by atoms with E-state index in [0.29, 0.717) is 5.69 Å². The van der Waals surface area contributed by atoms with Crippen molar-refractivity contribution < 1.29 is 4.39 Å². The molecule has 1 rings (SSSR count). The Morgan fingerprint density at radius 2 is 2.10 bits per heavy atom. The molecule has 0 radical (unpaired) electrons. The molecule has 2 nitrogen and oxygen atoms in total. The molecule has 0 atom stereocenters. The topological polar surface area (TPSA) is 38.9 Å². The number of nitrogens with two attached hydrogens (primary N) is 1. The minimum atomic E-state index is -0.572. The highest BCUT2D eigenvalue weighted by atomic mass is 19.1. The van der Waals surface area contributed by atoms with E-state index in [1.54, 1.807) is 19.9 Å². The Kier molecular flexibility index (Phi) is 1.57. The van der Waals surface area contributed by atoms with E-state index >= 15 is 0 Å². The average Bonchev–Trinajstić information content (AvgIpc) is 1.82. The number of halogens is 1. The van der Waals surface area contributed by atoms with E-state index in [1.807, 2.05) is 0 Å². The number of anilines is 1. The van der Waals surface area contributed by atoms with E-state index in [-0.39, 0.29) is 5.69 Å². The fourth-order valence-corrected chi connectivity index (χ4v) is 0.801. The van der Waals surface area contributed by atoms with Gasteiger partial charge in [-0.2, -0.15) is 4.39 Å². The van der Waals surface area contributed by atoms with Crippen LogP contribution in [-0.2, 0) is 0 Å². The van der Waals surface area contributed by atoms with Crippen LogP contribution in [0.2, 0.25) is 0 Å². The number of rotatable bonds is 0. The molecule has 1 aromatic heterocycles. The van der Waals surface area contributed by atoms with E-state index in [4.69, 9.17) is 5.73 Å². The van der Waals surface area contributed by atoms with Gasteiger partial charge in [0.2, 0.25) is 5.95 Å². The number of hydrogen-bond acceptors (Lipinski definition) is 2. The molecule has 1 aromatic rings. The van der Waals surface area contributed by atoms with Crippen LogP contribution < -0.4 is 5.73 Å². The molecule has 2 N–H and O–H groups in total. The first-order valence-electron chi connectivity index (χ1n) is 3.00. The van der Waals surface area contributed by atoms with Crippen molar-refractivity contribution in [1.29, 1.82) is 0 Å². The Morgan fingerprint density at radius 1 is 1.50 bits per heavy atom. The summed E-state index contributed by atoms with van der Waals surface area (Å²) in [6.45, 7) is 3.49. The van der Waals surface area contributed by atoms with Crippen LogP contribution in [0.1, 0.15) is 11.3 Å². The van der Waals surface area contributed by atoms with Gasteiger partial charge >= 0.3 is 0 Å². The molecule has 3 heteroatoms. The maximum absolute atomic E-state index is 12.6. The third-order valence-corrected chi connectivity index (χ3v) is 1.35. The third kappa shape index (κ3) is 1.07. The predicted octanol–water partition coefficient (Wildman–Crippen LogP) is 1.42. The van der Waals surface area contributed by atoms with Crippen LogP contribution in [-0.4, -0.2) is 4.98 Å². The van der Waals surface area contributed by atoms with Crippen LogP contribution in [0.3, 0.4) is 0 Å². The molecule has 0 unspecified atom stereocenters. The van der Waals surface area contributed by atoms with Gasteiger partial charge in [-0.3, -0.25) is 0 Å². The summed E-state index contributed by atoms with van der Waals surface area (Å²) in [4.78, 5) is 3.54. The number of aryl methyl sites for hydroxylation is 2. The summed E-state index contributed by atoms with van der Waals surface area (Å²) in [7, 11) is 0. The van der Waals surface area contributed by atoms with Gasteiger partial charge in [0, 0.05) is 5.69 Å². The molecule has 0 saturated carbocycles. The lowest BCUT2D eigenvalue weighted by Crippen LogP contribution is -1.98. The smallest absolute Gasteiger partial charge is 0.236 e. The molecule has 54 valence electrons. The largest absolute Gasteiger partial charge is 0.395 e.